The lowest BCUT2D eigenvalue weighted by molar-refractivity contribution is 0.0600. The highest BCUT2D eigenvalue weighted by Crippen LogP contribution is 2.18. The van der Waals surface area contributed by atoms with Crippen molar-refractivity contribution in [3.8, 4) is 11.4 Å². The van der Waals surface area contributed by atoms with E-state index in [0.717, 1.165) is 11.3 Å². The van der Waals surface area contributed by atoms with E-state index in [1.807, 2.05) is 19.1 Å². The predicted octanol–water partition coefficient (Wildman–Crippen LogP) is 3.38. The summed E-state index contributed by atoms with van der Waals surface area (Å²) in [5, 5.41) is 3.07. The molecule has 0 unspecified atom stereocenters. The van der Waals surface area contributed by atoms with E-state index in [4.69, 9.17) is 0 Å². The molecule has 2 aromatic heterocycles. The van der Waals surface area contributed by atoms with E-state index in [1.54, 1.807) is 18.5 Å². The number of anilines is 1. The molecular weight excluding hydrogens is 335 g/mol. The van der Waals surface area contributed by atoms with E-state index in [2.05, 4.69) is 25.0 Å². The van der Waals surface area contributed by atoms with E-state index in [0.29, 0.717) is 22.8 Å². The lowest BCUT2D eigenvalue weighted by Crippen LogP contribution is -2.08. The molecule has 0 fully saturated rings. The number of carbonyl (C=O) groups excluding carboxylic acids is 1. The molecule has 1 aromatic carbocycles. The minimum atomic E-state index is -0.511. The molecule has 0 amide bonds. The number of carbonyl (C=O) groups is 1. The number of nitrogens with zero attached hydrogens (tertiary/aromatic N) is 3. The fourth-order valence-corrected chi connectivity index (χ4v) is 2.42. The van der Waals surface area contributed by atoms with Crippen LogP contribution in [0.1, 0.15) is 21.6 Å². The van der Waals surface area contributed by atoms with Crippen molar-refractivity contribution >= 4 is 11.8 Å². The first-order valence-electron chi connectivity index (χ1n) is 7.93. The standard InChI is InChI=1S/C19H17FN4O2/c1-12-8-17(24-18(23-12)14-4-3-7-21-10-14)22-11-15-9-13(19(25)26-2)5-6-16(15)20/h3-10H,11H2,1-2H3,(H,22,23,24). The van der Waals surface area contributed by atoms with Crippen molar-refractivity contribution in [3.63, 3.8) is 0 Å². The number of halogens is 1. The minimum Gasteiger partial charge on any atom is -0.465 e. The maximum absolute atomic E-state index is 14.0. The second kappa shape index (κ2) is 7.69. The second-order valence-corrected chi connectivity index (χ2v) is 5.61. The van der Waals surface area contributed by atoms with Gasteiger partial charge in [-0.25, -0.2) is 19.2 Å². The van der Waals surface area contributed by atoms with Gasteiger partial charge >= 0.3 is 5.97 Å². The molecule has 132 valence electrons. The predicted molar refractivity (Wildman–Crippen MR) is 95.1 cm³/mol. The average Bonchev–Trinajstić information content (AvgIpc) is 2.67. The van der Waals surface area contributed by atoms with E-state index in [-0.39, 0.29) is 6.54 Å². The third kappa shape index (κ3) is 4.00. The number of rotatable bonds is 5. The van der Waals surface area contributed by atoms with Gasteiger partial charge in [0.1, 0.15) is 11.6 Å². The van der Waals surface area contributed by atoms with Gasteiger partial charge in [0.15, 0.2) is 5.82 Å². The Morgan fingerprint density at radius 2 is 2.08 bits per heavy atom. The maximum atomic E-state index is 14.0. The summed E-state index contributed by atoms with van der Waals surface area (Å²) in [6.45, 7) is 2.02. The van der Waals surface area contributed by atoms with Crippen molar-refractivity contribution in [2.45, 2.75) is 13.5 Å². The topological polar surface area (TPSA) is 77.0 Å². The van der Waals surface area contributed by atoms with E-state index in [1.165, 1.54) is 25.3 Å². The van der Waals surface area contributed by atoms with Crippen molar-refractivity contribution in [1.82, 2.24) is 15.0 Å². The Kier molecular flexibility index (Phi) is 5.17. The third-order valence-electron chi connectivity index (χ3n) is 3.70. The number of benzene rings is 1. The Bertz CT molecular complexity index is 932. The summed E-state index contributed by atoms with van der Waals surface area (Å²) in [7, 11) is 1.28. The maximum Gasteiger partial charge on any atom is 0.337 e. The number of hydrogen-bond acceptors (Lipinski definition) is 6. The van der Waals surface area contributed by atoms with Crippen LogP contribution in [0.15, 0.2) is 48.8 Å². The van der Waals surface area contributed by atoms with Crippen molar-refractivity contribution in [3.05, 3.63) is 71.4 Å². The van der Waals surface area contributed by atoms with E-state index in [9.17, 15) is 9.18 Å². The number of esters is 1. The molecule has 0 saturated carbocycles. The lowest BCUT2D eigenvalue weighted by atomic mass is 10.1. The molecular formula is C19H17FN4O2. The summed E-state index contributed by atoms with van der Waals surface area (Å²) in [5.74, 6) is 0.162. The molecule has 0 radical (unpaired) electrons. The van der Waals surface area contributed by atoms with Gasteiger partial charge in [-0.2, -0.15) is 0 Å². The molecule has 6 nitrogen and oxygen atoms in total. The number of methoxy groups -OCH3 is 1. The molecule has 0 bridgehead atoms. The van der Waals surface area contributed by atoms with Crippen molar-refractivity contribution < 1.29 is 13.9 Å². The number of pyridine rings is 1. The Morgan fingerprint density at radius 3 is 2.81 bits per heavy atom. The van der Waals surface area contributed by atoms with Crippen LogP contribution in [0.4, 0.5) is 10.2 Å². The molecule has 0 aliphatic carbocycles. The van der Waals surface area contributed by atoms with Crippen molar-refractivity contribution in [2.75, 3.05) is 12.4 Å². The summed E-state index contributed by atoms with van der Waals surface area (Å²) in [6.07, 6.45) is 3.35. The van der Waals surface area contributed by atoms with Crippen LogP contribution in [0.3, 0.4) is 0 Å². The molecule has 26 heavy (non-hydrogen) atoms. The summed E-state index contributed by atoms with van der Waals surface area (Å²) in [5.41, 5.74) is 2.19. The molecule has 0 spiro atoms. The Balaban J connectivity index is 1.82. The van der Waals surface area contributed by atoms with Gasteiger partial charge in [0, 0.05) is 41.8 Å². The fraction of sp³-hybridized carbons (Fsp3) is 0.158. The van der Waals surface area contributed by atoms with Gasteiger partial charge in [-0.15, -0.1) is 0 Å². The highest BCUT2D eigenvalue weighted by molar-refractivity contribution is 5.89. The van der Waals surface area contributed by atoms with Crippen LogP contribution < -0.4 is 5.32 Å². The summed E-state index contributed by atoms with van der Waals surface area (Å²) < 4.78 is 18.7. The number of hydrogen-bond donors (Lipinski definition) is 1. The molecule has 0 atom stereocenters. The molecule has 3 rings (SSSR count). The molecule has 1 N–H and O–H groups in total. The molecule has 0 saturated heterocycles. The first-order valence-corrected chi connectivity index (χ1v) is 7.93. The molecule has 7 heteroatoms. The Hall–Kier alpha value is -3.35. The summed E-state index contributed by atoms with van der Waals surface area (Å²) in [4.78, 5) is 24.5. The Morgan fingerprint density at radius 1 is 1.23 bits per heavy atom. The summed E-state index contributed by atoms with van der Waals surface area (Å²) in [6, 6.07) is 9.54. The van der Waals surface area contributed by atoms with Gasteiger partial charge < -0.3 is 10.1 Å². The smallest absolute Gasteiger partial charge is 0.337 e. The third-order valence-corrected chi connectivity index (χ3v) is 3.70. The van der Waals surface area contributed by atoms with Crippen LogP contribution in [0.5, 0.6) is 0 Å². The average molecular weight is 352 g/mol. The molecule has 3 aromatic rings. The number of aromatic nitrogens is 3. The first-order chi connectivity index (χ1) is 12.6. The highest BCUT2D eigenvalue weighted by Gasteiger charge is 2.11. The zero-order valence-electron chi connectivity index (χ0n) is 14.4. The lowest BCUT2D eigenvalue weighted by Gasteiger charge is -2.10. The van der Waals surface area contributed by atoms with Crippen LogP contribution in [-0.2, 0) is 11.3 Å². The van der Waals surface area contributed by atoms with Crippen LogP contribution in [0, 0.1) is 12.7 Å². The van der Waals surface area contributed by atoms with Gasteiger partial charge in [-0.1, -0.05) is 0 Å². The Labute approximate surface area is 150 Å². The summed E-state index contributed by atoms with van der Waals surface area (Å²) >= 11 is 0. The number of ether oxygens (including phenoxy) is 1. The highest BCUT2D eigenvalue weighted by atomic mass is 19.1. The SMILES string of the molecule is COC(=O)c1ccc(F)c(CNc2cc(C)nc(-c3cccnc3)n2)c1. The van der Waals surface area contributed by atoms with Crippen LogP contribution in [-0.4, -0.2) is 28.0 Å². The van der Waals surface area contributed by atoms with Crippen molar-refractivity contribution in [1.29, 1.82) is 0 Å². The van der Waals surface area contributed by atoms with E-state index >= 15 is 0 Å². The van der Waals surface area contributed by atoms with Gasteiger partial charge in [-0.3, -0.25) is 4.98 Å². The van der Waals surface area contributed by atoms with Gasteiger partial charge in [0.05, 0.1) is 12.7 Å². The molecule has 0 aliphatic heterocycles. The van der Waals surface area contributed by atoms with Crippen LogP contribution in [0.2, 0.25) is 0 Å². The minimum absolute atomic E-state index is 0.166. The quantitative estimate of drug-likeness (QED) is 0.709. The zero-order valence-corrected chi connectivity index (χ0v) is 14.4. The first kappa shape index (κ1) is 17.5. The van der Waals surface area contributed by atoms with Gasteiger partial charge in [-0.05, 0) is 37.3 Å². The molecule has 0 aliphatic rings. The van der Waals surface area contributed by atoms with Crippen molar-refractivity contribution in [2.24, 2.45) is 0 Å². The molecule has 2 heterocycles. The second-order valence-electron chi connectivity index (χ2n) is 5.61. The van der Waals surface area contributed by atoms with Gasteiger partial charge in [0.2, 0.25) is 0 Å². The van der Waals surface area contributed by atoms with Crippen LogP contribution >= 0.6 is 0 Å². The number of aryl methyl sites for hydroxylation is 1. The fourth-order valence-electron chi connectivity index (χ4n) is 2.42. The van der Waals surface area contributed by atoms with Crippen LogP contribution in [0.25, 0.3) is 11.4 Å². The normalized spacial score (nSPS) is 10.4. The largest absolute Gasteiger partial charge is 0.465 e. The van der Waals surface area contributed by atoms with E-state index < -0.39 is 11.8 Å². The van der Waals surface area contributed by atoms with Gasteiger partial charge in [0.25, 0.3) is 0 Å². The monoisotopic (exact) mass is 352 g/mol. The zero-order chi connectivity index (χ0) is 18.5. The number of nitrogens with one attached hydrogen (secondary N) is 1.